The molecule has 1 aromatic carbocycles. The van der Waals surface area contributed by atoms with Gasteiger partial charge in [0.25, 0.3) is 5.91 Å². The largest absolute Gasteiger partial charge is 0.488 e. The molecule has 3 aromatic rings. The molecule has 0 bridgehead atoms. The standard InChI is InChI=1S/C28H31N7O4/c29-17-20-2-1-3-24(26(20)39-23-5-14-38-15-6-23)25-4-7-31-28(33-25)32-22-16-21(18-30-19-22)27(37)35-10-8-34(9-11-35)12-13-36/h1-4,7,16,18-19,23,36H,5-6,8-15H2,(H,31,32,33). The number of nitrogens with zero attached hydrogens (tertiary/aromatic N) is 6. The molecule has 2 saturated heterocycles. The number of carbonyl (C=O) groups excluding carboxylic acids is 1. The first-order chi connectivity index (χ1) is 19.1. The lowest BCUT2D eigenvalue weighted by molar-refractivity contribution is 0.0257. The Bertz CT molecular complexity index is 1330. The maximum absolute atomic E-state index is 13.1. The topological polar surface area (TPSA) is 137 Å². The van der Waals surface area contributed by atoms with Crippen LogP contribution in [-0.2, 0) is 4.74 Å². The average Bonchev–Trinajstić information content (AvgIpc) is 2.98. The van der Waals surface area contributed by atoms with Crippen molar-refractivity contribution >= 4 is 17.5 Å². The average molecular weight is 530 g/mol. The quantitative estimate of drug-likeness (QED) is 0.448. The molecule has 39 heavy (non-hydrogen) atoms. The second-order valence-corrected chi connectivity index (χ2v) is 9.43. The number of aliphatic hydroxyl groups excluding tert-OH is 1. The van der Waals surface area contributed by atoms with Crippen molar-refractivity contribution in [2.45, 2.75) is 18.9 Å². The van der Waals surface area contributed by atoms with E-state index in [9.17, 15) is 10.1 Å². The normalized spacial score (nSPS) is 16.5. The molecule has 5 rings (SSSR count). The number of nitriles is 1. The third-order valence-electron chi connectivity index (χ3n) is 6.84. The zero-order chi connectivity index (χ0) is 27.0. The molecule has 2 aliphatic rings. The summed E-state index contributed by atoms with van der Waals surface area (Å²) >= 11 is 0. The summed E-state index contributed by atoms with van der Waals surface area (Å²) in [5.41, 5.74) is 2.81. The summed E-state index contributed by atoms with van der Waals surface area (Å²) in [5, 5.41) is 22.0. The van der Waals surface area contributed by atoms with Crippen molar-refractivity contribution in [3.05, 3.63) is 60.0 Å². The number of ether oxygens (including phenoxy) is 2. The maximum atomic E-state index is 13.1. The van der Waals surface area contributed by atoms with Crippen LogP contribution in [0.5, 0.6) is 5.75 Å². The molecule has 2 aromatic heterocycles. The molecule has 4 heterocycles. The molecule has 0 saturated carbocycles. The summed E-state index contributed by atoms with van der Waals surface area (Å²) < 4.78 is 11.7. The van der Waals surface area contributed by atoms with E-state index < -0.39 is 0 Å². The number of para-hydroxylation sites is 1. The van der Waals surface area contributed by atoms with Gasteiger partial charge in [-0.3, -0.25) is 14.7 Å². The monoisotopic (exact) mass is 529 g/mol. The van der Waals surface area contributed by atoms with Crippen molar-refractivity contribution in [3.8, 4) is 23.1 Å². The van der Waals surface area contributed by atoms with Crippen LogP contribution >= 0.6 is 0 Å². The Labute approximate surface area is 227 Å². The van der Waals surface area contributed by atoms with Crippen LogP contribution in [0.1, 0.15) is 28.8 Å². The lowest BCUT2D eigenvalue weighted by Crippen LogP contribution is -2.49. The number of rotatable bonds is 8. The minimum Gasteiger partial charge on any atom is -0.488 e. The van der Waals surface area contributed by atoms with Gasteiger partial charge in [0, 0.05) is 63.5 Å². The number of β-amino-alcohol motifs (C(OH)–C–C–N with tert-alkyl or cyclic N) is 1. The van der Waals surface area contributed by atoms with Crippen molar-refractivity contribution in [3.63, 3.8) is 0 Å². The fourth-order valence-corrected chi connectivity index (χ4v) is 4.74. The molecule has 0 unspecified atom stereocenters. The molecule has 11 nitrogen and oxygen atoms in total. The van der Waals surface area contributed by atoms with E-state index in [0.717, 1.165) is 25.9 Å². The Hall–Kier alpha value is -4.11. The number of piperazine rings is 1. The first-order valence-electron chi connectivity index (χ1n) is 13.1. The summed E-state index contributed by atoms with van der Waals surface area (Å²) in [4.78, 5) is 30.3. The van der Waals surface area contributed by atoms with E-state index in [2.05, 4.69) is 31.2 Å². The van der Waals surface area contributed by atoms with E-state index in [-0.39, 0.29) is 18.6 Å². The van der Waals surface area contributed by atoms with Gasteiger partial charge < -0.3 is 24.8 Å². The Balaban J connectivity index is 1.32. The minimum absolute atomic E-state index is 0.0320. The lowest BCUT2D eigenvalue weighted by atomic mass is 10.1. The molecule has 2 N–H and O–H groups in total. The van der Waals surface area contributed by atoms with E-state index in [1.54, 1.807) is 41.7 Å². The van der Waals surface area contributed by atoms with Gasteiger partial charge in [-0.1, -0.05) is 6.07 Å². The van der Waals surface area contributed by atoms with Crippen LogP contribution in [-0.4, -0.2) is 94.4 Å². The molecule has 2 fully saturated rings. The Morgan fingerprint density at radius 1 is 1.18 bits per heavy atom. The van der Waals surface area contributed by atoms with Gasteiger partial charge in [-0.05, 0) is 24.3 Å². The Morgan fingerprint density at radius 2 is 2.00 bits per heavy atom. The number of aromatic nitrogens is 3. The van der Waals surface area contributed by atoms with Crippen molar-refractivity contribution in [1.29, 1.82) is 5.26 Å². The predicted molar refractivity (Wildman–Crippen MR) is 144 cm³/mol. The van der Waals surface area contributed by atoms with Gasteiger partial charge in [0.15, 0.2) is 0 Å². The maximum Gasteiger partial charge on any atom is 0.255 e. The first kappa shape index (κ1) is 26.5. The van der Waals surface area contributed by atoms with Crippen molar-refractivity contribution < 1.29 is 19.4 Å². The van der Waals surface area contributed by atoms with Gasteiger partial charge in [-0.2, -0.15) is 5.26 Å². The van der Waals surface area contributed by atoms with Crippen LogP contribution in [0.15, 0.2) is 48.9 Å². The van der Waals surface area contributed by atoms with Gasteiger partial charge in [0.05, 0.1) is 48.5 Å². The number of hydrogen-bond acceptors (Lipinski definition) is 10. The van der Waals surface area contributed by atoms with E-state index in [0.29, 0.717) is 72.6 Å². The van der Waals surface area contributed by atoms with Crippen molar-refractivity contribution in [2.24, 2.45) is 0 Å². The highest BCUT2D eigenvalue weighted by Crippen LogP contribution is 2.34. The van der Waals surface area contributed by atoms with Gasteiger partial charge >= 0.3 is 0 Å². The highest BCUT2D eigenvalue weighted by atomic mass is 16.5. The Kier molecular flexibility index (Phi) is 8.58. The molecule has 0 radical (unpaired) electrons. The third-order valence-corrected chi connectivity index (χ3v) is 6.84. The number of pyridine rings is 1. The second-order valence-electron chi connectivity index (χ2n) is 9.43. The molecule has 0 spiro atoms. The highest BCUT2D eigenvalue weighted by Gasteiger charge is 2.23. The van der Waals surface area contributed by atoms with Crippen molar-refractivity contribution in [1.82, 2.24) is 24.8 Å². The minimum atomic E-state index is -0.0901. The molecule has 202 valence electrons. The number of amides is 1. The van der Waals surface area contributed by atoms with E-state index in [1.807, 2.05) is 12.1 Å². The summed E-state index contributed by atoms with van der Waals surface area (Å²) in [7, 11) is 0. The number of anilines is 2. The van der Waals surface area contributed by atoms with Crippen molar-refractivity contribution in [2.75, 3.05) is 57.9 Å². The molecular formula is C28H31N7O4. The number of nitrogens with one attached hydrogen (secondary N) is 1. The molecule has 1 amide bonds. The van der Waals surface area contributed by atoms with Gasteiger partial charge in [-0.25, -0.2) is 9.97 Å². The number of aliphatic hydroxyl groups is 1. The highest BCUT2D eigenvalue weighted by molar-refractivity contribution is 5.95. The van der Waals surface area contributed by atoms with Gasteiger partial charge in [0.2, 0.25) is 5.95 Å². The number of hydrogen-bond donors (Lipinski definition) is 2. The molecule has 11 heteroatoms. The molecule has 0 atom stereocenters. The SMILES string of the molecule is N#Cc1cccc(-c2ccnc(Nc3cncc(C(=O)N4CCN(CCO)CC4)c3)n2)c1OC1CCOCC1. The van der Waals surface area contributed by atoms with Crippen LogP contribution in [0.3, 0.4) is 0 Å². The lowest BCUT2D eigenvalue weighted by Gasteiger charge is -2.34. The fraction of sp³-hybridized carbons (Fsp3) is 0.393. The predicted octanol–water partition coefficient (Wildman–Crippen LogP) is 2.46. The van der Waals surface area contributed by atoms with E-state index in [1.165, 1.54) is 0 Å². The summed E-state index contributed by atoms with van der Waals surface area (Å²) in [6.07, 6.45) is 6.29. The van der Waals surface area contributed by atoms with Crippen LogP contribution in [0.2, 0.25) is 0 Å². The molecule has 0 aliphatic carbocycles. The van der Waals surface area contributed by atoms with E-state index >= 15 is 0 Å². The zero-order valence-electron chi connectivity index (χ0n) is 21.6. The molecule has 2 aliphatic heterocycles. The molecular weight excluding hydrogens is 498 g/mol. The summed E-state index contributed by atoms with van der Waals surface area (Å²) in [6.45, 7) is 4.65. The van der Waals surface area contributed by atoms with Crippen LogP contribution < -0.4 is 10.1 Å². The Morgan fingerprint density at radius 3 is 2.77 bits per heavy atom. The van der Waals surface area contributed by atoms with Crippen LogP contribution in [0.4, 0.5) is 11.6 Å². The third kappa shape index (κ3) is 6.49. The van der Waals surface area contributed by atoms with E-state index in [4.69, 9.17) is 14.6 Å². The second kappa shape index (κ2) is 12.6. The zero-order valence-corrected chi connectivity index (χ0v) is 21.6. The van der Waals surface area contributed by atoms with Gasteiger partial charge in [0.1, 0.15) is 17.9 Å². The van der Waals surface area contributed by atoms with Crippen LogP contribution in [0, 0.1) is 11.3 Å². The number of carbonyl (C=O) groups is 1. The fourth-order valence-electron chi connectivity index (χ4n) is 4.74. The summed E-state index contributed by atoms with van der Waals surface area (Å²) in [5.74, 6) is 0.744. The van der Waals surface area contributed by atoms with Gasteiger partial charge in [-0.15, -0.1) is 0 Å². The summed E-state index contributed by atoms with van der Waals surface area (Å²) in [6, 6.07) is 11.2. The van der Waals surface area contributed by atoms with Crippen LogP contribution in [0.25, 0.3) is 11.3 Å². The number of benzene rings is 1. The smallest absolute Gasteiger partial charge is 0.255 e. The first-order valence-corrected chi connectivity index (χ1v) is 13.1.